The van der Waals surface area contributed by atoms with Gasteiger partial charge in [-0.1, -0.05) is 34.1 Å². The number of carbonyl (C=O) groups excluding carboxylic acids is 1. The second kappa shape index (κ2) is 5.67. The van der Waals surface area contributed by atoms with Gasteiger partial charge in [0.25, 0.3) is 5.91 Å². The van der Waals surface area contributed by atoms with E-state index in [1.165, 1.54) is 0 Å². The molecule has 0 aliphatic rings. The summed E-state index contributed by atoms with van der Waals surface area (Å²) in [4.78, 5) is 12.2. The molecule has 0 aromatic heterocycles. The van der Waals surface area contributed by atoms with Gasteiger partial charge < -0.3 is 5.32 Å². The van der Waals surface area contributed by atoms with Gasteiger partial charge >= 0.3 is 0 Å². The quantitative estimate of drug-likeness (QED) is 0.812. The van der Waals surface area contributed by atoms with E-state index < -0.39 is 0 Å². The second-order valence-corrected chi connectivity index (χ2v) is 5.66. The number of halogens is 2. The van der Waals surface area contributed by atoms with Crippen LogP contribution < -0.4 is 5.32 Å². The first kappa shape index (κ1) is 13.3. The highest BCUT2D eigenvalue weighted by molar-refractivity contribution is 9.10. The van der Waals surface area contributed by atoms with Crippen LogP contribution in [-0.2, 0) is 0 Å². The first-order valence-corrected chi connectivity index (χ1v) is 6.98. The lowest BCUT2D eigenvalue weighted by Gasteiger charge is -2.09. The molecule has 0 radical (unpaired) electrons. The third-order valence-corrected chi connectivity index (χ3v) is 3.75. The summed E-state index contributed by atoms with van der Waals surface area (Å²) in [5.41, 5.74) is 2.38. The monoisotopic (exact) mass is 367 g/mol. The van der Waals surface area contributed by atoms with Crippen molar-refractivity contribution < 1.29 is 4.79 Å². The predicted octanol–water partition coefficient (Wildman–Crippen LogP) is 4.77. The summed E-state index contributed by atoms with van der Waals surface area (Å²) in [6.07, 6.45) is 0. The van der Waals surface area contributed by atoms with E-state index in [1.54, 1.807) is 0 Å². The molecule has 0 fully saturated rings. The Morgan fingerprint density at radius 1 is 1.11 bits per heavy atom. The second-order valence-electron chi connectivity index (χ2n) is 3.89. The minimum Gasteiger partial charge on any atom is -0.321 e. The Kier molecular flexibility index (Phi) is 4.19. The maximum Gasteiger partial charge on any atom is 0.255 e. The molecule has 1 N–H and O–H groups in total. The minimum absolute atomic E-state index is 0.110. The van der Waals surface area contributed by atoms with E-state index in [0.29, 0.717) is 5.56 Å². The number of anilines is 1. The fourth-order valence-electron chi connectivity index (χ4n) is 1.59. The predicted molar refractivity (Wildman–Crippen MR) is 81.0 cm³/mol. The van der Waals surface area contributed by atoms with E-state index in [-0.39, 0.29) is 5.91 Å². The molecule has 0 saturated carbocycles. The topological polar surface area (TPSA) is 29.1 Å². The van der Waals surface area contributed by atoms with Gasteiger partial charge in [0.2, 0.25) is 0 Å². The summed E-state index contributed by atoms with van der Waals surface area (Å²) < 4.78 is 1.76. The average Bonchev–Trinajstić information content (AvgIpc) is 2.35. The van der Waals surface area contributed by atoms with Gasteiger partial charge in [0.05, 0.1) is 5.69 Å². The van der Waals surface area contributed by atoms with Crippen LogP contribution in [0.25, 0.3) is 0 Å². The Labute approximate surface area is 123 Å². The molecule has 0 heterocycles. The largest absolute Gasteiger partial charge is 0.321 e. The Morgan fingerprint density at radius 2 is 1.83 bits per heavy atom. The molecule has 92 valence electrons. The van der Waals surface area contributed by atoms with Crippen molar-refractivity contribution in [3.8, 4) is 0 Å². The zero-order chi connectivity index (χ0) is 13.1. The van der Waals surface area contributed by atoms with Crippen LogP contribution in [0.15, 0.2) is 51.4 Å². The number of benzene rings is 2. The van der Waals surface area contributed by atoms with Crippen molar-refractivity contribution in [1.29, 1.82) is 0 Å². The van der Waals surface area contributed by atoms with Crippen molar-refractivity contribution in [2.24, 2.45) is 0 Å². The van der Waals surface area contributed by atoms with Gasteiger partial charge in [-0.25, -0.2) is 0 Å². The van der Waals surface area contributed by atoms with E-state index in [9.17, 15) is 4.79 Å². The molecular weight excluding hydrogens is 358 g/mol. The highest BCUT2D eigenvalue weighted by Crippen LogP contribution is 2.23. The zero-order valence-corrected chi connectivity index (χ0v) is 12.9. The molecule has 2 aromatic carbocycles. The van der Waals surface area contributed by atoms with Crippen molar-refractivity contribution in [3.05, 3.63) is 62.5 Å². The van der Waals surface area contributed by atoms with Crippen LogP contribution in [-0.4, -0.2) is 5.91 Å². The van der Waals surface area contributed by atoms with E-state index in [1.807, 2.05) is 49.4 Å². The Hall–Kier alpha value is -1.13. The number of hydrogen-bond acceptors (Lipinski definition) is 1. The summed E-state index contributed by atoms with van der Waals surface area (Å²) in [6, 6.07) is 13.2. The number of carbonyl (C=O) groups is 1. The Balaban J connectivity index is 2.28. The van der Waals surface area contributed by atoms with Crippen LogP contribution in [0.1, 0.15) is 15.9 Å². The van der Waals surface area contributed by atoms with Crippen LogP contribution in [0.3, 0.4) is 0 Å². The number of rotatable bonds is 2. The van der Waals surface area contributed by atoms with Gasteiger partial charge in [0, 0.05) is 14.5 Å². The molecule has 2 rings (SSSR count). The van der Waals surface area contributed by atoms with Gasteiger partial charge in [0.15, 0.2) is 0 Å². The molecule has 0 aliphatic heterocycles. The molecule has 0 bridgehead atoms. The summed E-state index contributed by atoms with van der Waals surface area (Å²) >= 11 is 6.78. The molecule has 0 saturated heterocycles. The SMILES string of the molecule is Cc1ccc(Br)cc1C(=O)Nc1ccccc1Br. The van der Waals surface area contributed by atoms with E-state index in [0.717, 1.165) is 20.2 Å². The van der Waals surface area contributed by atoms with Gasteiger partial charge in [-0.15, -0.1) is 0 Å². The zero-order valence-electron chi connectivity index (χ0n) is 9.71. The van der Waals surface area contributed by atoms with Gasteiger partial charge in [0.1, 0.15) is 0 Å². The van der Waals surface area contributed by atoms with Gasteiger partial charge in [-0.05, 0) is 52.7 Å². The summed E-state index contributed by atoms with van der Waals surface area (Å²) in [6.45, 7) is 1.92. The lowest BCUT2D eigenvalue weighted by molar-refractivity contribution is 0.102. The highest BCUT2D eigenvalue weighted by atomic mass is 79.9. The number of hydrogen-bond donors (Lipinski definition) is 1. The number of aryl methyl sites for hydroxylation is 1. The summed E-state index contributed by atoms with van der Waals surface area (Å²) in [5.74, 6) is -0.110. The smallest absolute Gasteiger partial charge is 0.255 e. The number of amides is 1. The average molecular weight is 369 g/mol. The maximum absolute atomic E-state index is 12.2. The minimum atomic E-state index is -0.110. The molecular formula is C14H11Br2NO. The van der Waals surface area contributed by atoms with E-state index in [4.69, 9.17) is 0 Å². The fraction of sp³-hybridized carbons (Fsp3) is 0.0714. The molecule has 0 atom stereocenters. The van der Waals surface area contributed by atoms with Gasteiger partial charge in [-0.3, -0.25) is 4.79 Å². The number of para-hydroxylation sites is 1. The summed E-state index contributed by atoms with van der Waals surface area (Å²) in [5, 5.41) is 2.89. The van der Waals surface area contributed by atoms with Crippen molar-refractivity contribution >= 4 is 43.5 Å². The van der Waals surface area contributed by atoms with Crippen molar-refractivity contribution in [1.82, 2.24) is 0 Å². The molecule has 18 heavy (non-hydrogen) atoms. The third-order valence-electron chi connectivity index (χ3n) is 2.57. The van der Waals surface area contributed by atoms with Crippen LogP contribution in [0.4, 0.5) is 5.69 Å². The molecule has 0 aliphatic carbocycles. The van der Waals surface area contributed by atoms with Crippen LogP contribution in [0, 0.1) is 6.92 Å². The molecule has 4 heteroatoms. The molecule has 2 aromatic rings. The van der Waals surface area contributed by atoms with Crippen molar-refractivity contribution in [3.63, 3.8) is 0 Å². The standard InChI is InChI=1S/C14H11Br2NO/c1-9-6-7-10(15)8-11(9)14(18)17-13-5-3-2-4-12(13)16/h2-8H,1H3,(H,17,18). The molecule has 2 nitrogen and oxygen atoms in total. The Morgan fingerprint density at radius 3 is 2.56 bits per heavy atom. The first-order valence-electron chi connectivity index (χ1n) is 5.40. The van der Waals surface area contributed by atoms with Gasteiger partial charge in [-0.2, -0.15) is 0 Å². The normalized spacial score (nSPS) is 10.2. The lowest BCUT2D eigenvalue weighted by Crippen LogP contribution is -2.13. The maximum atomic E-state index is 12.2. The number of nitrogens with one attached hydrogen (secondary N) is 1. The summed E-state index contributed by atoms with van der Waals surface area (Å²) in [7, 11) is 0. The molecule has 0 spiro atoms. The molecule has 0 unspecified atom stereocenters. The highest BCUT2D eigenvalue weighted by Gasteiger charge is 2.10. The van der Waals surface area contributed by atoms with E-state index in [2.05, 4.69) is 37.2 Å². The lowest BCUT2D eigenvalue weighted by atomic mass is 10.1. The first-order chi connectivity index (χ1) is 8.58. The molecule has 1 amide bonds. The fourth-order valence-corrected chi connectivity index (χ4v) is 2.34. The van der Waals surface area contributed by atoms with Crippen molar-refractivity contribution in [2.45, 2.75) is 6.92 Å². The van der Waals surface area contributed by atoms with E-state index >= 15 is 0 Å². The third kappa shape index (κ3) is 3.00. The Bertz CT molecular complexity index is 596. The van der Waals surface area contributed by atoms with Crippen LogP contribution >= 0.6 is 31.9 Å². The van der Waals surface area contributed by atoms with Crippen LogP contribution in [0.5, 0.6) is 0 Å². The van der Waals surface area contributed by atoms with Crippen molar-refractivity contribution in [2.75, 3.05) is 5.32 Å². The van der Waals surface area contributed by atoms with Crippen LogP contribution in [0.2, 0.25) is 0 Å².